The average Bonchev–Trinajstić information content (AvgIpc) is 2.73. The van der Waals surface area contributed by atoms with Gasteiger partial charge in [0.15, 0.2) is 0 Å². The lowest BCUT2D eigenvalue weighted by Gasteiger charge is -2.35. The summed E-state index contributed by atoms with van der Waals surface area (Å²) in [4.78, 5) is 14.4. The number of nitrogens with zero attached hydrogens (tertiary/aromatic N) is 3. The Hall–Kier alpha value is -1.36. The van der Waals surface area contributed by atoms with Gasteiger partial charge in [0.05, 0.1) is 11.3 Å². The highest BCUT2D eigenvalue weighted by Crippen LogP contribution is 2.18. The van der Waals surface area contributed by atoms with Gasteiger partial charge in [-0.15, -0.1) is 0 Å². The lowest BCUT2D eigenvalue weighted by molar-refractivity contribution is 0.0663. The molecule has 1 aromatic heterocycles. The van der Waals surface area contributed by atoms with Gasteiger partial charge in [-0.05, 0) is 18.8 Å². The lowest BCUT2D eigenvalue weighted by Crippen LogP contribution is -2.48. The van der Waals surface area contributed by atoms with Gasteiger partial charge in [-0.25, -0.2) is 0 Å². The van der Waals surface area contributed by atoms with Crippen LogP contribution in [0.25, 0.3) is 0 Å². The number of hydrogen-bond acceptors (Lipinski definition) is 3. The van der Waals surface area contributed by atoms with E-state index in [2.05, 4.69) is 12.0 Å². The van der Waals surface area contributed by atoms with Gasteiger partial charge in [-0.2, -0.15) is 5.10 Å². The second kappa shape index (κ2) is 5.10. The summed E-state index contributed by atoms with van der Waals surface area (Å²) in [7, 11) is 1.85. The molecule has 0 bridgehead atoms. The van der Waals surface area contributed by atoms with Crippen molar-refractivity contribution in [3.8, 4) is 0 Å². The highest BCUT2D eigenvalue weighted by Gasteiger charge is 2.28. The Labute approximate surface area is 108 Å². The number of carbonyl (C=O) groups is 1. The Balaban J connectivity index is 2.16. The van der Waals surface area contributed by atoms with Crippen LogP contribution in [-0.2, 0) is 13.5 Å². The van der Waals surface area contributed by atoms with E-state index in [1.807, 2.05) is 25.1 Å². The molecule has 1 saturated heterocycles. The first-order valence-corrected chi connectivity index (χ1v) is 6.60. The smallest absolute Gasteiger partial charge is 0.257 e. The Kier molecular flexibility index (Phi) is 3.71. The van der Waals surface area contributed by atoms with E-state index in [4.69, 9.17) is 5.73 Å². The summed E-state index contributed by atoms with van der Waals surface area (Å²) in [5, 5.41) is 4.32. The van der Waals surface area contributed by atoms with Crippen molar-refractivity contribution < 1.29 is 4.79 Å². The Morgan fingerprint density at radius 1 is 1.61 bits per heavy atom. The maximum Gasteiger partial charge on any atom is 0.257 e. The first-order valence-electron chi connectivity index (χ1n) is 6.60. The van der Waals surface area contributed by atoms with E-state index in [9.17, 15) is 4.79 Å². The van der Waals surface area contributed by atoms with Crippen LogP contribution in [-0.4, -0.2) is 39.7 Å². The van der Waals surface area contributed by atoms with E-state index in [0.717, 1.165) is 37.2 Å². The predicted molar refractivity (Wildman–Crippen MR) is 70.2 cm³/mol. The summed E-state index contributed by atoms with van der Waals surface area (Å²) in [5.41, 5.74) is 7.60. The lowest BCUT2D eigenvalue weighted by atomic mass is 9.94. The maximum atomic E-state index is 12.5. The zero-order chi connectivity index (χ0) is 13.3. The van der Waals surface area contributed by atoms with Crippen LogP contribution in [0.3, 0.4) is 0 Å². The molecule has 1 aliphatic heterocycles. The highest BCUT2D eigenvalue weighted by molar-refractivity contribution is 5.95. The third kappa shape index (κ3) is 2.41. The summed E-state index contributed by atoms with van der Waals surface area (Å²) >= 11 is 0. The van der Waals surface area contributed by atoms with Crippen molar-refractivity contribution in [3.05, 3.63) is 17.5 Å². The molecule has 2 N–H and O–H groups in total. The van der Waals surface area contributed by atoms with Crippen molar-refractivity contribution in [2.75, 3.05) is 13.1 Å². The minimum absolute atomic E-state index is 0.0960. The molecular formula is C13H22N4O. The first-order chi connectivity index (χ1) is 8.52. The minimum Gasteiger partial charge on any atom is -0.338 e. The zero-order valence-corrected chi connectivity index (χ0v) is 11.4. The molecular weight excluding hydrogens is 228 g/mol. The zero-order valence-electron chi connectivity index (χ0n) is 11.4. The molecule has 0 saturated carbocycles. The molecule has 1 aromatic rings. The number of piperidine rings is 1. The van der Waals surface area contributed by atoms with Crippen molar-refractivity contribution in [1.82, 2.24) is 14.7 Å². The number of rotatable bonds is 2. The molecule has 2 atom stereocenters. The molecule has 100 valence electrons. The molecule has 0 spiro atoms. The molecule has 5 heteroatoms. The van der Waals surface area contributed by atoms with Crippen LogP contribution in [0.15, 0.2) is 6.20 Å². The molecule has 18 heavy (non-hydrogen) atoms. The predicted octanol–water partition coefficient (Wildman–Crippen LogP) is 0.792. The van der Waals surface area contributed by atoms with Gasteiger partial charge in [0.25, 0.3) is 5.91 Å². The molecule has 2 rings (SSSR count). The summed E-state index contributed by atoms with van der Waals surface area (Å²) in [6, 6.07) is 0.216. The van der Waals surface area contributed by atoms with E-state index in [-0.39, 0.29) is 11.9 Å². The van der Waals surface area contributed by atoms with Gasteiger partial charge in [-0.1, -0.05) is 13.8 Å². The largest absolute Gasteiger partial charge is 0.338 e. The molecule has 5 nitrogen and oxygen atoms in total. The van der Waals surface area contributed by atoms with Crippen molar-refractivity contribution >= 4 is 5.91 Å². The van der Waals surface area contributed by atoms with E-state index in [1.54, 1.807) is 4.68 Å². The van der Waals surface area contributed by atoms with E-state index >= 15 is 0 Å². The number of aryl methyl sites for hydroxylation is 2. The number of likely N-dealkylation sites (tertiary alicyclic amines) is 1. The third-order valence-electron chi connectivity index (χ3n) is 3.73. The fourth-order valence-corrected chi connectivity index (χ4v) is 2.49. The van der Waals surface area contributed by atoms with E-state index in [1.165, 1.54) is 0 Å². The molecule has 0 aliphatic carbocycles. The van der Waals surface area contributed by atoms with Crippen LogP contribution in [0.4, 0.5) is 0 Å². The average molecular weight is 250 g/mol. The summed E-state index contributed by atoms with van der Waals surface area (Å²) in [6.45, 7) is 5.63. The fourth-order valence-electron chi connectivity index (χ4n) is 2.49. The second-order valence-electron chi connectivity index (χ2n) is 5.20. The molecule has 1 amide bonds. The monoisotopic (exact) mass is 250 g/mol. The third-order valence-corrected chi connectivity index (χ3v) is 3.73. The molecule has 0 radical (unpaired) electrons. The normalized spacial score (nSPS) is 24.3. The first kappa shape index (κ1) is 13.1. The molecule has 1 fully saturated rings. The SMILES string of the molecule is CCc1nn(C)cc1C(=O)N1CCC(N)C(C)C1. The molecule has 2 heterocycles. The van der Waals surface area contributed by atoms with Crippen LogP contribution < -0.4 is 5.73 Å². The summed E-state index contributed by atoms with van der Waals surface area (Å²) < 4.78 is 1.71. The van der Waals surface area contributed by atoms with Crippen LogP contribution in [0.5, 0.6) is 0 Å². The number of amides is 1. The van der Waals surface area contributed by atoms with Crippen molar-refractivity contribution in [2.24, 2.45) is 18.7 Å². The van der Waals surface area contributed by atoms with Gasteiger partial charge >= 0.3 is 0 Å². The van der Waals surface area contributed by atoms with Gasteiger partial charge in [0, 0.05) is 32.4 Å². The van der Waals surface area contributed by atoms with Gasteiger partial charge < -0.3 is 10.6 Å². The maximum absolute atomic E-state index is 12.5. The van der Waals surface area contributed by atoms with Crippen LogP contribution in [0.2, 0.25) is 0 Å². The van der Waals surface area contributed by atoms with Gasteiger partial charge in [0.2, 0.25) is 0 Å². The molecule has 1 aliphatic rings. The van der Waals surface area contributed by atoms with E-state index < -0.39 is 0 Å². The second-order valence-corrected chi connectivity index (χ2v) is 5.20. The van der Waals surface area contributed by atoms with Gasteiger partial charge in [-0.3, -0.25) is 9.48 Å². The Morgan fingerprint density at radius 2 is 2.33 bits per heavy atom. The van der Waals surface area contributed by atoms with E-state index in [0.29, 0.717) is 5.92 Å². The molecule has 0 aromatic carbocycles. The number of carbonyl (C=O) groups excluding carboxylic acids is 1. The topological polar surface area (TPSA) is 64.2 Å². The Bertz CT molecular complexity index is 440. The fraction of sp³-hybridized carbons (Fsp3) is 0.692. The number of aromatic nitrogens is 2. The van der Waals surface area contributed by atoms with Crippen LogP contribution in [0, 0.1) is 5.92 Å². The highest BCUT2D eigenvalue weighted by atomic mass is 16.2. The standard InChI is InChI=1S/C13H22N4O/c1-4-12-10(8-16(3)15-12)13(18)17-6-5-11(14)9(2)7-17/h8-9,11H,4-7,14H2,1-3H3. The minimum atomic E-state index is 0.0960. The summed E-state index contributed by atoms with van der Waals surface area (Å²) in [5.74, 6) is 0.461. The quantitative estimate of drug-likeness (QED) is 0.844. The van der Waals surface area contributed by atoms with Crippen molar-refractivity contribution in [3.63, 3.8) is 0 Å². The van der Waals surface area contributed by atoms with Crippen LogP contribution >= 0.6 is 0 Å². The van der Waals surface area contributed by atoms with Crippen molar-refractivity contribution in [2.45, 2.75) is 32.7 Å². The van der Waals surface area contributed by atoms with Crippen LogP contribution in [0.1, 0.15) is 36.3 Å². The molecule has 2 unspecified atom stereocenters. The number of nitrogens with two attached hydrogens (primary N) is 1. The van der Waals surface area contributed by atoms with Gasteiger partial charge in [0.1, 0.15) is 0 Å². The Morgan fingerprint density at radius 3 is 2.94 bits per heavy atom. The van der Waals surface area contributed by atoms with Crippen molar-refractivity contribution in [1.29, 1.82) is 0 Å². The summed E-state index contributed by atoms with van der Waals surface area (Å²) in [6.07, 6.45) is 3.49. The number of hydrogen-bond donors (Lipinski definition) is 1.